The Morgan fingerprint density at radius 1 is 1.16 bits per heavy atom. The van der Waals surface area contributed by atoms with E-state index in [4.69, 9.17) is 18.9 Å². The summed E-state index contributed by atoms with van der Waals surface area (Å²) in [6.07, 6.45) is 2.46. The minimum atomic E-state index is -0.431. The van der Waals surface area contributed by atoms with Crippen LogP contribution in [0.4, 0.5) is 0 Å². The lowest BCUT2D eigenvalue weighted by Crippen LogP contribution is -2.58. The predicted octanol–water partition coefficient (Wildman–Crippen LogP) is 3.05. The zero-order valence-electron chi connectivity index (χ0n) is 25.8. The summed E-state index contributed by atoms with van der Waals surface area (Å²) in [5, 5.41) is 2.48. The lowest BCUT2D eigenvalue weighted by molar-refractivity contribution is -0.143. The van der Waals surface area contributed by atoms with E-state index in [1.54, 1.807) is 38.5 Å². The van der Waals surface area contributed by atoms with Gasteiger partial charge in [-0.2, -0.15) is 0 Å². The Labute approximate surface area is 259 Å². The van der Waals surface area contributed by atoms with Gasteiger partial charge < -0.3 is 28.7 Å². The third-order valence-corrected chi connectivity index (χ3v) is 8.78. The zero-order chi connectivity index (χ0) is 30.7. The Morgan fingerprint density at radius 3 is 2.67 bits per heavy atom. The number of morpholine rings is 1. The normalized spacial score (nSPS) is 16.7. The van der Waals surface area contributed by atoms with E-state index in [1.807, 2.05) is 4.90 Å². The molecule has 1 spiro atoms. The number of thiazole rings is 1. The fourth-order valence-corrected chi connectivity index (χ4v) is 6.18. The largest absolute Gasteiger partial charge is 0.381 e. The highest BCUT2D eigenvalue weighted by atomic mass is 32.1. The van der Waals surface area contributed by atoms with Crippen LogP contribution in [0.2, 0.25) is 0 Å². The van der Waals surface area contributed by atoms with Crippen molar-refractivity contribution in [3.05, 3.63) is 51.5 Å². The van der Waals surface area contributed by atoms with Gasteiger partial charge in [-0.15, -0.1) is 11.3 Å². The second-order valence-electron chi connectivity index (χ2n) is 11.1. The molecule has 234 valence electrons. The SMILES string of the molecule is CC#Cc1nc(C(=O)N2CCOC3(CCN(Cc4cccc(CCOCCC(=O)N(C)CC(OC)OC)c4)CC3)C2)cs1. The summed E-state index contributed by atoms with van der Waals surface area (Å²) in [6, 6.07) is 8.62. The number of methoxy groups -OCH3 is 2. The molecule has 4 rings (SSSR count). The first-order valence-electron chi connectivity index (χ1n) is 14.8. The first-order chi connectivity index (χ1) is 20.8. The van der Waals surface area contributed by atoms with Gasteiger partial charge in [-0.05, 0) is 43.2 Å². The fraction of sp³-hybridized carbons (Fsp3) is 0.594. The first kappa shape index (κ1) is 33.1. The average Bonchev–Trinajstić information content (AvgIpc) is 3.49. The number of aromatic nitrogens is 1. The molecule has 0 radical (unpaired) electrons. The van der Waals surface area contributed by atoms with Gasteiger partial charge >= 0.3 is 0 Å². The first-order valence-corrected chi connectivity index (χ1v) is 15.7. The molecule has 3 heterocycles. The number of piperidine rings is 1. The van der Waals surface area contributed by atoms with Crippen LogP contribution in [0.3, 0.4) is 0 Å². The summed E-state index contributed by atoms with van der Waals surface area (Å²) < 4.78 is 22.4. The Hall–Kier alpha value is -2.85. The van der Waals surface area contributed by atoms with Gasteiger partial charge in [-0.3, -0.25) is 14.5 Å². The smallest absolute Gasteiger partial charge is 0.273 e. The van der Waals surface area contributed by atoms with E-state index in [0.29, 0.717) is 56.6 Å². The van der Waals surface area contributed by atoms with E-state index in [0.717, 1.165) is 38.9 Å². The number of likely N-dealkylation sites (tertiary alicyclic amines) is 1. The fourth-order valence-electron chi connectivity index (χ4n) is 5.49. The number of ether oxygens (including phenoxy) is 4. The van der Waals surface area contributed by atoms with Crippen LogP contribution in [0.1, 0.15) is 52.8 Å². The van der Waals surface area contributed by atoms with E-state index in [-0.39, 0.29) is 17.4 Å². The summed E-state index contributed by atoms with van der Waals surface area (Å²) in [5.41, 5.74) is 2.67. The molecule has 0 bridgehead atoms. The van der Waals surface area contributed by atoms with Crippen molar-refractivity contribution in [1.29, 1.82) is 0 Å². The lowest BCUT2D eigenvalue weighted by Gasteiger charge is -2.47. The zero-order valence-corrected chi connectivity index (χ0v) is 26.6. The molecule has 1 aromatic carbocycles. The summed E-state index contributed by atoms with van der Waals surface area (Å²) in [7, 11) is 4.85. The molecule has 1 aromatic heterocycles. The van der Waals surface area contributed by atoms with E-state index in [9.17, 15) is 9.59 Å². The van der Waals surface area contributed by atoms with Crippen LogP contribution in [0, 0.1) is 11.8 Å². The van der Waals surface area contributed by atoms with Gasteiger partial charge in [-0.25, -0.2) is 4.98 Å². The number of nitrogens with zero attached hydrogens (tertiary/aromatic N) is 4. The highest BCUT2D eigenvalue weighted by Gasteiger charge is 2.41. The molecule has 0 saturated carbocycles. The third kappa shape index (κ3) is 9.57. The van der Waals surface area contributed by atoms with Crippen molar-refractivity contribution in [2.24, 2.45) is 0 Å². The molecule has 2 saturated heterocycles. The molecule has 2 aliphatic rings. The number of hydrogen-bond acceptors (Lipinski definition) is 9. The van der Waals surface area contributed by atoms with Crippen LogP contribution in [0.25, 0.3) is 0 Å². The van der Waals surface area contributed by atoms with Crippen molar-refractivity contribution >= 4 is 23.2 Å². The third-order valence-electron chi connectivity index (χ3n) is 8.03. The maximum Gasteiger partial charge on any atom is 0.273 e. The second-order valence-corrected chi connectivity index (χ2v) is 11.9. The van der Waals surface area contributed by atoms with Gasteiger partial charge in [0.1, 0.15) is 5.69 Å². The maximum absolute atomic E-state index is 13.1. The minimum Gasteiger partial charge on any atom is -0.381 e. The standard InChI is InChI=1S/C32H44N4O6S/c1-5-7-28-33-27(23-43-28)31(38)36-16-19-42-32(24-36)12-14-35(15-13-32)21-26-9-6-8-25(20-26)10-17-41-18-11-29(37)34(2)22-30(39-3)40-4/h6,8-9,20,23,30H,10-19,21-22,24H2,1-4H3. The van der Waals surface area contributed by atoms with Crippen LogP contribution in [-0.4, -0.2) is 117 Å². The number of carbonyl (C=O) groups excluding carboxylic acids is 2. The van der Waals surface area contributed by atoms with Crippen molar-refractivity contribution in [1.82, 2.24) is 19.7 Å². The summed E-state index contributed by atoms with van der Waals surface area (Å²) in [4.78, 5) is 35.8. The Bertz CT molecular complexity index is 1260. The molecule has 2 aliphatic heterocycles. The predicted molar refractivity (Wildman–Crippen MR) is 165 cm³/mol. The molecule has 43 heavy (non-hydrogen) atoms. The van der Waals surface area contributed by atoms with Gasteiger partial charge in [-0.1, -0.05) is 30.2 Å². The van der Waals surface area contributed by atoms with E-state index in [2.05, 4.69) is 46.0 Å². The van der Waals surface area contributed by atoms with Gasteiger partial charge in [0.25, 0.3) is 5.91 Å². The highest BCUT2D eigenvalue weighted by molar-refractivity contribution is 7.10. The van der Waals surface area contributed by atoms with Crippen LogP contribution in [0.15, 0.2) is 29.6 Å². The Morgan fingerprint density at radius 2 is 1.93 bits per heavy atom. The molecule has 2 fully saturated rings. The lowest BCUT2D eigenvalue weighted by atomic mass is 9.89. The molecule has 2 aromatic rings. The Balaban J connectivity index is 1.18. The van der Waals surface area contributed by atoms with Gasteiger partial charge in [0, 0.05) is 52.8 Å². The van der Waals surface area contributed by atoms with Crippen LogP contribution < -0.4 is 0 Å². The van der Waals surface area contributed by atoms with Crippen LogP contribution in [-0.2, 0) is 36.7 Å². The molecule has 0 N–H and O–H groups in total. The number of rotatable bonds is 13. The number of hydrogen-bond donors (Lipinski definition) is 0. The number of carbonyl (C=O) groups is 2. The van der Waals surface area contributed by atoms with Gasteiger partial charge in [0.2, 0.25) is 5.91 Å². The van der Waals surface area contributed by atoms with E-state index in [1.165, 1.54) is 22.5 Å². The molecule has 0 aliphatic carbocycles. The number of likely N-dealkylation sites (N-methyl/N-ethyl adjacent to an activating group) is 1. The van der Waals surface area contributed by atoms with Gasteiger partial charge in [0.05, 0.1) is 44.9 Å². The van der Waals surface area contributed by atoms with E-state index >= 15 is 0 Å². The molecule has 0 atom stereocenters. The minimum absolute atomic E-state index is 0.00173. The maximum atomic E-state index is 13.1. The van der Waals surface area contributed by atoms with Crippen LogP contribution >= 0.6 is 11.3 Å². The summed E-state index contributed by atoms with van der Waals surface area (Å²) >= 11 is 1.41. The van der Waals surface area contributed by atoms with Crippen molar-refractivity contribution < 1.29 is 28.5 Å². The summed E-state index contributed by atoms with van der Waals surface area (Å²) in [5.74, 6) is 5.73. The molecular weight excluding hydrogens is 568 g/mol. The van der Waals surface area contributed by atoms with Crippen molar-refractivity contribution in [2.45, 2.75) is 51.0 Å². The van der Waals surface area contributed by atoms with Crippen molar-refractivity contribution in [3.8, 4) is 11.8 Å². The second kappa shape index (κ2) is 16.3. The van der Waals surface area contributed by atoms with Crippen LogP contribution in [0.5, 0.6) is 0 Å². The van der Waals surface area contributed by atoms with E-state index < -0.39 is 6.29 Å². The highest BCUT2D eigenvalue weighted by Crippen LogP contribution is 2.31. The molecule has 0 unspecified atom stereocenters. The van der Waals surface area contributed by atoms with Crippen molar-refractivity contribution in [2.75, 3.05) is 73.8 Å². The average molecular weight is 613 g/mol. The topological polar surface area (TPSA) is 93.7 Å². The summed E-state index contributed by atoms with van der Waals surface area (Å²) in [6.45, 7) is 7.54. The molecular formula is C32H44N4O6S. The number of amides is 2. The molecule has 11 heteroatoms. The van der Waals surface area contributed by atoms with Crippen molar-refractivity contribution in [3.63, 3.8) is 0 Å². The molecule has 10 nitrogen and oxygen atoms in total. The monoisotopic (exact) mass is 612 g/mol. The Kier molecular flexibility index (Phi) is 12.5. The number of benzene rings is 1. The molecule has 2 amide bonds. The van der Waals surface area contributed by atoms with Gasteiger partial charge in [0.15, 0.2) is 11.3 Å². The quantitative estimate of drug-likeness (QED) is 0.194.